The molecule has 0 amide bonds. The maximum Gasteiger partial charge on any atom is 0.338 e. The molecule has 0 aliphatic carbocycles. The van der Waals surface area contributed by atoms with Gasteiger partial charge in [-0.15, -0.1) is 0 Å². The third-order valence-corrected chi connectivity index (χ3v) is 2.81. The number of ether oxygens (including phenoxy) is 1. The van der Waals surface area contributed by atoms with Gasteiger partial charge in [-0.2, -0.15) is 0 Å². The van der Waals surface area contributed by atoms with Crippen LogP contribution in [0, 0.1) is 5.92 Å². The van der Waals surface area contributed by atoms with E-state index in [1.165, 1.54) is 12.8 Å². The summed E-state index contributed by atoms with van der Waals surface area (Å²) in [5.41, 5.74) is 1.58. The van der Waals surface area contributed by atoms with Crippen molar-refractivity contribution in [2.45, 2.75) is 33.6 Å². The van der Waals surface area contributed by atoms with Gasteiger partial charge in [-0.05, 0) is 37.5 Å². The Bertz CT molecular complexity index is 377. The van der Waals surface area contributed by atoms with Crippen LogP contribution in [0.1, 0.15) is 44.0 Å². The van der Waals surface area contributed by atoms with E-state index in [-0.39, 0.29) is 5.97 Å². The number of rotatable bonds is 7. The van der Waals surface area contributed by atoms with E-state index in [0.717, 1.165) is 12.2 Å². The van der Waals surface area contributed by atoms with E-state index < -0.39 is 0 Å². The molecule has 0 bridgehead atoms. The maximum atomic E-state index is 11.6. The second-order valence-electron chi connectivity index (χ2n) is 4.58. The SMILES string of the molecule is CCCC(C)CNc1cccc(C(=O)OCC)c1. The van der Waals surface area contributed by atoms with Gasteiger partial charge < -0.3 is 10.1 Å². The van der Waals surface area contributed by atoms with Gasteiger partial charge in [0.25, 0.3) is 0 Å². The van der Waals surface area contributed by atoms with Gasteiger partial charge in [-0.1, -0.05) is 26.3 Å². The lowest BCUT2D eigenvalue weighted by Crippen LogP contribution is -2.11. The Labute approximate surface area is 110 Å². The summed E-state index contributed by atoms with van der Waals surface area (Å²) in [5, 5.41) is 3.36. The first-order chi connectivity index (χ1) is 8.67. The number of esters is 1. The maximum absolute atomic E-state index is 11.6. The molecular formula is C15H23NO2. The predicted molar refractivity (Wildman–Crippen MR) is 75.0 cm³/mol. The molecule has 100 valence electrons. The summed E-state index contributed by atoms with van der Waals surface area (Å²) in [6.07, 6.45) is 2.41. The number of benzene rings is 1. The number of carbonyl (C=O) groups excluding carboxylic acids is 1. The van der Waals surface area contributed by atoms with Crippen LogP contribution in [0.25, 0.3) is 0 Å². The van der Waals surface area contributed by atoms with Crippen molar-refractivity contribution in [3.8, 4) is 0 Å². The van der Waals surface area contributed by atoms with Crippen molar-refractivity contribution < 1.29 is 9.53 Å². The minimum Gasteiger partial charge on any atom is -0.462 e. The molecule has 3 heteroatoms. The third kappa shape index (κ3) is 4.78. The van der Waals surface area contributed by atoms with E-state index in [1.807, 2.05) is 25.1 Å². The average Bonchev–Trinajstić information content (AvgIpc) is 2.37. The van der Waals surface area contributed by atoms with Gasteiger partial charge in [0.1, 0.15) is 0 Å². The fourth-order valence-corrected chi connectivity index (χ4v) is 1.86. The van der Waals surface area contributed by atoms with Crippen LogP contribution in [-0.4, -0.2) is 19.1 Å². The fraction of sp³-hybridized carbons (Fsp3) is 0.533. The van der Waals surface area contributed by atoms with E-state index in [4.69, 9.17) is 4.74 Å². The quantitative estimate of drug-likeness (QED) is 0.749. The summed E-state index contributed by atoms with van der Waals surface area (Å²) in [6, 6.07) is 7.47. The molecule has 18 heavy (non-hydrogen) atoms. The molecule has 0 aromatic heterocycles. The van der Waals surface area contributed by atoms with E-state index in [0.29, 0.717) is 18.1 Å². The highest BCUT2D eigenvalue weighted by Crippen LogP contribution is 2.13. The number of anilines is 1. The zero-order chi connectivity index (χ0) is 13.4. The molecule has 1 N–H and O–H groups in total. The Hall–Kier alpha value is -1.51. The molecule has 1 unspecified atom stereocenters. The van der Waals surface area contributed by atoms with Gasteiger partial charge in [-0.25, -0.2) is 4.79 Å². The molecule has 3 nitrogen and oxygen atoms in total. The van der Waals surface area contributed by atoms with Crippen molar-refractivity contribution in [2.24, 2.45) is 5.92 Å². The Balaban J connectivity index is 2.56. The summed E-state index contributed by atoms with van der Waals surface area (Å²) in [5.74, 6) is 0.379. The Morgan fingerprint density at radius 3 is 2.83 bits per heavy atom. The van der Waals surface area contributed by atoms with Crippen molar-refractivity contribution in [2.75, 3.05) is 18.5 Å². The number of hydrogen-bond donors (Lipinski definition) is 1. The molecule has 0 fully saturated rings. The van der Waals surface area contributed by atoms with Gasteiger partial charge in [0, 0.05) is 12.2 Å². The summed E-state index contributed by atoms with van der Waals surface area (Å²) in [4.78, 5) is 11.6. The van der Waals surface area contributed by atoms with E-state index in [1.54, 1.807) is 6.07 Å². The topological polar surface area (TPSA) is 38.3 Å². The monoisotopic (exact) mass is 249 g/mol. The number of carbonyl (C=O) groups is 1. The summed E-state index contributed by atoms with van der Waals surface area (Å²) >= 11 is 0. The molecular weight excluding hydrogens is 226 g/mol. The van der Waals surface area contributed by atoms with Crippen LogP contribution in [-0.2, 0) is 4.74 Å². The molecule has 1 aromatic carbocycles. The van der Waals surface area contributed by atoms with Crippen LogP contribution in [0.3, 0.4) is 0 Å². The molecule has 0 heterocycles. The van der Waals surface area contributed by atoms with Crippen LogP contribution in [0.2, 0.25) is 0 Å². The van der Waals surface area contributed by atoms with Crippen LogP contribution in [0.15, 0.2) is 24.3 Å². The Morgan fingerprint density at radius 1 is 1.39 bits per heavy atom. The zero-order valence-corrected chi connectivity index (χ0v) is 11.5. The van der Waals surface area contributed by atoms with Crippen LogP contribution < -0.4 is 5.32 Å². The van der Waals surface area contributed by atoms with Crippen molar-refractivity contribution in [3.63, 3.8) is 0 Å². The Morgan fingerprint density at radius 2 is 2.17 bits per heavy atom. The molecule has 0 spiro atoms. The van der Waals surface area contributed by atoms with E-state index in [2.05, 4.69) is 19.2 Å². The molecule has 0 aliphatic heterocycles. The number of hydrogen-bond acceptors (Lipinski definition) is 3. The lowest BCUT2D eigenvalue weighted by atomic mass is 10.1. The van der Waals surface area contributed by atoms with E-state index >= 15 is 0 Å². The zero-order valence-electron chi connectivity index (χ0n) is 11.5. The van der Waals surface area contributed by atoms with Crippen molar-refractivity contribution in [1.29, 1.82) is 0 Å². The van der Waals surface area contributed by atoms with Gasteiger partial charge in [-0.3, -0.25) is 0 Å². The van der Waals surface area contributed by atoms with Crippen LogP contribution in [0.4, 0.5) is 5.69 Å². The highest BCUT2D eigenvalue weighted by atomic mass is 16.5. The smallest absolute Gasteiger partial charge is 0.338 e. The average molecular weight is 249 g/mol. The minimum atomic E-state index is -0.261. The van der Waals surface area contributed by atoms with Gasteiger partial charge in [0.05, 0.1) is 12.2 Å². The first kappa shape index (κ1) is 14.6. The fourth-order valence-electron chi connectivity index (χ4n) is 1.86. The van der Waals surface area contributed by atoms with E-state index in [9.17, 15) is 4.79 Å². The summed E-state index contributed by atoms with van der Waals surface area (Å²) in [6.45, 7) is 7.57. The van der Waals surface area contributed by atoms with Crippen molar-refractivity contribution in [1.82, 2.24) is 0 Å². The number of nitrogens with one attached hydrogen (secondary N) is 1. The summed E-state index contributed by atoms with van der Waals surface area (Å²) < 4.78 is 4.98. The molecule has 0 radical (unpaired) electrons. The second-order valence-corrected chi connectivity index (χ2v) is 4.58. The summed E-state index contributed by atoms with van der Waals surface area (Å²) in [7, 11) is 0. The minimum absolute atomic E-state index is 0.261. The molecule has 0 saturated carbocycles. The molecule has 1 atom stereocenters. The normalized spacial score (nSPS) is 11.9. The van der Waals surface area contributed by atoms with Crippen molar-refractivity contribution >= 4 is 11.7 Å². The van der Waals surface area contributed by atoms with Crippen molar-refractivity contribution in [3.05, 3.63) is 29.8 Å². The largest absolute Gasteiger partial charge is 0.462 e. The second kappa shape index (κ2) is 7.75. The van der Waals surface area contributed by atoms with Gasteiger partial charge >= 0.3 is 5.97 Å². The molecule has 1 rings (SSSR count). The lowest BCUT2D eigenvalue weighted by molar-refractivity contribution is 0.0526. The van der Waals surface area contributed by atoms with Crippen LogP contribution >= 0.6 is 0 Å². The lowest BCUT2D eigenvalue weighted by Gasteiger charge is -2.13. The van der Waals surface area contributed by atoms with Gasteiger partial charge in [0.15, 0.2) is 0 Å². The van der Waals surface area contributed by atoms with Crippen LogP contribution in [0.5, 0.6) is 0 Å². The highest BCUT2D eigenvalue weighted by Gasteiger charge is 2.07. The first-order valence-electron chi connectivity index (χ1n) is 6.68. The highest BCUT2D eigenvalue weighted by molar-refractivity contribution is 5.90. The molecule has 0 saturated heterocycles. The Kier molecular flexibility index (Phi) is 6.26. The molecule has 1 aromatic rings. The van der Waals surface area contributed by atoms with Gasteiger partial charge in [0.2, 0.25) is 0 Å². The predicted octanol–water partition coefficient (Wildman–Crippen LogP) is 3.71. The standard InChI is InChI=1S/C15H23NO2/c1-4-7-12(3)11-16-14-9-6-8-13(10-14)15(17)18-5-2/h6,8-10,12,16H,4-5,7,11H2,1-3H3. The third-order valence-electron chi connectivity index (χ3n) is 2.81. The first-order valence-corrected chi connectivity index (χ1v) is 6.68. The molecule has 0 aliphatic rings.